The summed E-state index contributed by atoms with van der Waals surface area (Å²) in [5.41, 5.74) is 1.56. The fourth-order valence-electron chi connectivity index (χ4n) is 2.55. The molecule has 0 aliphatic heterocycles. The first-order valence-corrected chi connectivity index (χ1v) is 9.36. The Hall–Kier alpha value is -2.82. The highest BCUT2D eigenvalue weighted by molar-refractivity contribution is 6.31. The molecular weight excluding hydrogens is 435 g/mol. The molecule has 0 aliphatic carbocycles. The SMILES string of the molecule is O=C(NN=C(c1nc2cc(Cl)ccc2[nH]c1=O)C(O)C(O)CO)c1ccc(Cl)cc1. The van der Waals surface area contributed by atoms with Gasteiger partial charge in [-0.3, -0.25) is 9.59 Å². The van der Waals surface area contributed by atoms with Gasteiger partial charge in [-0.2, -0.15) is 5.10 Å². The standard InChI is InChI=1S/C19H16Cl2N4O5/c20-10-3-1-9(2-4-10)18(29)25-24-15(17(28)14(27)8-26)16-19(30)23-12-6-5-11(21)7-13(12)22-16/h1-7,14,17,26-28H,8H2,(H,23,30)(H,25,29). The van der Waals surface area contributed by atoms with E-state index in [9.17, 15) is 24.9 Å². The molecule has 0 saturated heterocycles. The smallest absolute Gasteiger partial charge is 0.276 e. The first-order valence-electron chi connectivity index (χ1n) is 8.60. The van der Waals surface area contributed by atoms with E-state index in [1.807, 2.05) is 0 Å². The van der Waals surface area contributed by atoms with Crippen LogP contribution in [-0.4, -0.2) is 55.7 Å². The van der Waals surface area contributed by atoms with Gasteiger partial charge in [0.1, 0.15) is 17.9 Å². The number of carbonyl (C=O) groups is 1. The van der Waals surface area contributed by atoms with Crippen LogP contribution in [0.2, 0.25) is 10.0 Å². The van der Waals surface area contributed by atoms with Crippen molar-refractivity contribution in [3.05, 3.63) is 74.1 Å². The predicted molar refractivity (Wildman–Crippen MR) is 112 cm³/mol. The molecule has 2 aromatic carbocycles. The minimum Gasteiger partial charge on any atom is -0.394 e. The van der Waals surface area contributed by atoms with E-state index >= 15 is 0 Å². The first kappa shape index (κ1) is 21.9. The highest BCUT2D eigenvalue weighted by atomic mass is 35.5. The minimum atomic E-state index is -1.81. The van der Waals surface area contributed by atoms with Crippen LogP contribution in [0.1, 0.15) is 16.1 Å². The van der Waals surface area contributed by atoms with E-state index < -0.39 is 36.0 Å². The summed E-state index contributed by atoms with van der Waals surface area (Å²) in [5, 5.41) is 34.0. The van der Waals surface area contributed by atoms with Gasteiger partial charge in [0.2, 0.25) is 0 Å². The van der Waals surface area contributed by atoms with Gasteiger partial charge in [-0.1, -0.05) is 23.2 Å². The van der Waals surface area contributed by atoms with Gasteiger partial charge >= 0.3 is 0 Å². The van der Waals surface area contributed by atoms with Crippen molar-refractivity contribution in [1.82, 2.24) is 15.4 Å². The predicted octanol–water partition coefficient (Wildman–Crippen LogP) is 1.08. The van der Waals surface area contributed by atoms with Gasteiger partial charge in [0.15, 0.2) is 5.69 Å². The Bertz CT molecular complexity index is 1160. The van der Waals surface area contributed by atoms with Crippen LogP contribution in [-0.2, 0) is 0 Å². The summed E-state index contributed by atoms with van der Waals surface area (Å²) < 4.78 is 0. The number of hydrazone groups is 1. The van der Waals surface area contributed by atoms with Gasteiger partial charge in [-0.25, -0.2) is 10.4 Å². The van der Waals surface area contributed by atoms with Crippen LogP contribution in [0, 0.1) is 0 Å². The number of aliphatic hydroxyl groups is 3. The molecule has 3 aromatic rings. The third-order valence-electron chi connectivity index (χ3n) is 4.11. The van der Waals surface area contributed by atoms with Crippen molar-refractivity contribution in [1.29, 1.82) is 0 Å². The van der Waals surface area contributed by atoms with Gasteiger partial charge in [0, 0.05) is 15.6 Å². The molecule has 1 amide bonds. The number of hydrogen-bond acceptors (Lipinski definition) is 7. The van der Waals surface area contributed by atoms with Gasteiger partial charge in [-0.15, -0.1) is 0 Å². The fourth-order valence-corrected chi connectivity index (χ4v) is 2.84. The summed E-state index contributed by atoms with van der Waals surface area (Å²) >= 11 is 11.7. The normalized spacial score (nSPS) is 13.8. The van der Waals surface area contributed by atoms with E-state index in [2.05, 4.69) is 20.5 Å². The van der Waals surface area contributed by atoms with Crippen LogP contribution in [0.4, 0.5) is 0 Å². The van der Waals surface area contributed by atoms with Crippen LogP contribution in [0.25, 0.3) is 11.0 Å². The van der Waals surface area contributed by atoms with E-state index in [0.29, 0.717) is 21.1 Å². The van der Waals surface area contributed by atoms with E-state index in [1.165, 1.54) is 30.3 Å². The number of hydrogen-bond donors (Lipinski definition) is 5. The summed E-state index contributed by atoms with van der Waals surface area (Å²) in [5.74, 6) is -0.657. The number of amides is 1. The number of benzene rings is 2. The zero-order valence-corrected chi connectivity index (χ0v) is 16.7. The van der Waals surface area contributed by atoms with Gasteiger partial charge in [0.25, 0.3) is 11.5 Å². The summed E-state index contributed by atoms with van der Waals surface area (Å²) in [6, 6.07) is 10.5. The molecule has 1 heterocycles. The van der Waals surface area contributed by atoms with Gasteiger partial charge < -0.3 is 20.3 Å². The maximum atomic E-state index is 12.5. The Morgan fingerprint density at radius 1 is 1.13 bits per heavy atom. The number of aromatic nitrogens is 2. The lowest BCUT2D eigenvalue weighted by atomic mass is 10.1. The van der Waals surface area contributed by atoms with Crippen molar-refractivity contribution < 1.29 is 20.1 Å². The van der Waals surface area contributed by atoms with Crippen LogP contribution >= 0.6 is 23.2 Å². The van der Waals surface area contributed by atoms with Gasteiger partial charge in [0.05, 0.1) is 17.6 Å². The van der Waals surface area contributed by atoms with Crippen molar-refractivity contribution in [3.63, 3.8) is 0 Å². The lowest BCUT2D eigenvalue weighted by Crippen LogP contribution is -2.41. The number of nitrogens with one attached hydrogen (secondary N) is 2. The Balaban J connectivity index is 2.04. The third-order valence-corrected chi connectivity index (χ3v) is 4.60. The molecular formula is C19H16Cl2N4O5. The fraction of sp³-hybridized carbons (Fsp3) is 0.158. The van der Waals surface area contributed by atoms with Crippen molar-refractivity contribution in [2.45, 2.75) is 12.2 Å². The zero-order chi connectivity index (χ0) is 21.8. The Morgan fingerprint density at radius 3 is 2.47 bits per heavy atom. The van der Waals surface area contributed by atoms with E-state index in [-0.39, 0.29) is 11.3 Å². The molecule has 30 heavy (non-hydrogen) atoms. The molecule has 2 unspecified atom stereocenters. The molecule has 9 nitrogen and oxygen atoms in total. The summed E-state index contributed by atoms with van der Waals surface area (Å²) in [4.78, 5) is 31.5. The second kappa shape index (κ2) is 9.33. The average Bonchev–Trinajstić information content (AvgIpc) is 2.73. The zero-order valence-electron chi connectivity index (χ0n) is 15.2. The summed E-state index contributed by atoms with van der Waals surface area (Å²) in [7, 11) is 0. The largest absolute Gasteiger partial charge is 0.394 e. The number of nitrogens with zero attached hydrogens (tertiary/aromatic N) is 2. The maximum Gasteiger partial charge on any atom is 0.276 e. The number of aliphatic hydroxyl groups excluding tert-OH is 3. The second-order valence-corrected chi connectivity index (χ2v) is 7.09. The monoisotopic (exact) mass is 450 g/mol. The minimum absolute atomic E-state index is 0.215. The number of carbonyl (C=O) groups excluding carboxylic acids is 1. The van der Waals surface area contributed by atoms with Crippen LogP contribution < -0.4 is 11.0 Å². The summed E-state index contributed by atoms with van der Waals surface area (Å²) in [6.07, 6.45) is -3.49. The van der Waals surface area contributed by atoms with Crippen molar-refractivity contribution in [3.8, 4) is 0 Å². The van der Waals surface area contributed by atoms with Crippen molar-refractivity contribution in [2.24, 2.45) is 5.10 Å². The number of aromatic amines is 1. The highest BCUT2D eigenvalue weighted by Gasteiger charge is 2.27. The second-order valence-electron chi connectivity index (χ2n) is 6.22. The van der Waals surface area contributed by atoms with Crippen LogP contribution in [0.3, 0.4) is 0 Å². The molecule has 2 atom stereocenters. The third kappa shape index (κ3) is 4.84. The van der Waals surface area contributed by atoms with Gasteiger partial charge in [-0.05, 0) is 42.5 Å². The molecule has 11 heteroatoms. The molecule has 5 N–H and O–H groups in total. The Morgan fingerprint density at radius 2 is 1.80 bits per heavy atom. The first-order chi connectivity index (χ1) is 14.3. The number of halogens is 2. The van der Waals surface area contributed by atoms with E-state index in [0.717, 1.165) is 0 Å². The molecule has 0 bridgehead atoms. The Labute approximate surface area is 179 Å². The van der Waals surface area contributed by atoms with E-state index in [1.54, 1.807) is 12.1 Å². The molecule has 0 aliphatic rings. The number of fused-ring (bicyclic) bond motifs is 1. The molecule has 1 aromatic heterocycles. The topological polar surface area (TPSA) is 148 Å². The lowest BCUT2D eigenvalue weighted by Gasteiger charge is -2.17. The van der Waals surface area contributed by atoms with Crippen molar-refractivity contribution >= 4 is 45.9 Å². The van der Waals surface area contributed by atoms with Crippen LogP contribution in [0.5, 0.6) is 0 Å². The number of H-pyrrole nitrogens is 1. The Kier molecular flexibility index (Phi) is 6.80. The van der Waals surface area contributed by atoms with Crippen LogP contribution in [0.15, 0.2) is 52.4 Å². The summed E-state index contributed by atoms with van der Waals surface area (Å²) in [6.45, 7) is -0.817. The molecule has 0 saturated carbocycles. The lowest BCUT2D eigenvalue weighted by molar-refractivity contribution is 0.0183. The molecule has 0 radical (unpaired) electrons. The van der Waals surface area contributed by atoms with E-state index in [4.69, 9.17) is 23.2 Å². The maximum absolute atomic E-state index is 12.5. The highest BCUT2D eigenvalue weighted by Crippen LogP contribution is 2.16. The molecule has 156 valence electrons. The molecule has 3 rings (SSSR count). The molecule has 0 spiro atoms. The quantitative estimate of drug-likeness (QED) is 0.280. The average molecular weight is 451 g/mol. The van der Waals surface area contributed by atoms with Crippen molar-refractivity contribution in [2.75, 3.05) is 6.61 Å². The number of rotatable bonds is 6. The molecule has 0 fully saturated rings.